The molecule has 2 aromatic rings. The largest absolute Gasteiger partial charge is 0.472 e. The predicted molar refractivity (Wildman–Crippen MR) is 77.6 cm³/mol. The molecule has 6 nitrogen and oxygen atoms in total. The fourth-order valence-electron chi connectivity index (χ4n) is 2.70. The van der Waals surface area contributed by atoms with Crippen molar-refractivity contribution in [2.75, 3.05) is 26.7 Å². The summed E-state index contributed by atoms with van der Waals surface area (Å²) in [7, 11) is 2.07. The first kappa shape index (κ1) is 13.9. The van der Waals surface area contributed by atoms with Gasteiger partial charge in [0.1, 0.15) is 5.82 Å². The molecule has 1 atom stereocenters. The SMILES string of the molecule is CN1CCN(C(=O)CCc2ccoc2)C[C@@H]1c1ncc[nH]1. The van der Waals surface area contributed by atoms with Crippen LogP contribution in [0.5, 0.6) is 0 Å². The molecule has 0 saturated carbocycles. The quantitative estimate of drug-likeness (QED) is 0.925. The van der Waals surface area contributed by atoms with Crippen LogP contribution in [-0.4, -0.2) is 52.4 Å². The monoisotopic (exact) mass is 288 g/mol. The minimum Gasteiger partial charge on any atom is -0.472 e. The molecule has 1 saturated heterocycles. The van der Waals surface area contributed by atoms with Crippen LogP contribution in [-0.2, 0) is 11.2 Å². The number of aromatic nitrogens is 2. The number of H-pyrrole nitrogens is 1. The molecule has 1 aliphatic heterocycles. The van der Waals surface area contributed by atoms with E-state index in [1.807, 2.05) is 17.2 Å². The Morgan fingerprint density at radius 3 is 3.14 bits per heavy atom. The van der Waals surface area contributed by atoms with Gasteiger partial charge < -0.3 is 14.3 Å². The second-order valence-corrected chi connectivity index (χ2v) is 5.44. The number of nitrogens with zero attached hydrogens (tertiary/aromatic N) is 3. The van der Waals surface area contributed by atoms with E-state index in [1.165, 1.54) is 0 Å². The molecule has 1 amide bonds. The van der Waals surface area contributed by atoms with Crippen LogP contribution in [0.4, 0.5) is 0 Å². The molecule has 1 N–H and O–H groups in total. The maximum absolute atomic E-state index is 12.4. The van der Waals surface area contributed by atoms with E-state index in [2.05, 4.69) is 21.9 Å². The lowest BCUT2D eigenvalue weighted by Crippen LogP contribution is -2.49. The first-order valence-electron chi connectivity index (χ1n) is 7.22. The van der Waals surface area contributed by atoms with Gasteiger partial charge in [-0.05, 0) is 25.1 Å². The fourth-order valence-corrected chi connectivity index (χ4v) is 2.70. The van der Waals surface area contributed by atoms with Gasteiger partial charge >= 0.3 is 0 Å². The number of imidazole rings is 1. The summed E-state index contributed by atoms with van der Waals surface area (Å²) in [5.74, 6) is 1.12. The van der Waals surface area contributed by atoms with Gasteiger partial charge in [-0.2, -0.15) is 0 Å². The van der Waals surface area contributed by atoms with Crippen molar-refractivity contribution in [3.8, 4) is 0 Å². The van der Waals surface area contributed by atoms with Crippen molar-refractivity contribution in [1.82, 2.24) is 19.8 Å². The lowest BCUT2D eigenvalue weighted by atomic mass is 10.1. The number of piperazine rings is 1. The number of furan rings is 1. The molecule has 0 spiro atoms. The summed E-state index contributed by atoms with van der Waals surface area (Å²) in [6, 6.07) is 2.05. The molecule has 1 aliphatic rings. The van der Waals surface area contributed by atoms with Gasteiger partial charge in [-0.15, -0.1) is 0 Å². The van der Waals surface area contributed by atoms with Crippen molar-refractivity contribution in [2.24, 2.45) is 0 Å². The molecule has 0 unspecified atom stereocenters. The highest BCUT2D eigenvalue weighted by Gasteiger charge is 2.29. The maximum Gasteiger partial charge on any atom is 0.223 e. The Kier molecular flexibility index (Phi) is 4.06. The molecular weight excluding hydrogens is 268 g/mol. The summed E-state index contributed by atoms with van der Waals surface area (Å²) in [5, 5.41) is 0. The van der Waals surface area contributed by atoms with Gasteiger partial charge in [-0.25, -0.2) is 4.98 Å². The van der Waals surface area contributed by atoms with E-state index in [-0.39, 0.29) is 11.9 Å². The predicted octanol–water partition coefficient (Wildman–Crippen LogP) is 1.45. The highest BCUT2D eigenvalue weighted by Crippen LogP contribution is 2.21. The third-order valence-electron chi connectivity index (χ3n) is 4.04. The van der Waals surface area contributed by atoms with Crippen molar-refractivity contribution in [3.63, 3.8) is 0 Å². The average molecular weight is 288 g/mol. The minimum atomic E-state index is 0.145. The van der Waals surface area contributed by atoms with Crippen LogP contribution >= 0.6 is 0 Å². The molecule has 0 bridgehead atoms. The first-order valence-corrected chi connectivity index (χ1v) is 7.22. The van der Waals surface area contributed by atoms with E-state index >= 15 is 0 Å². The first-order chi connectivity index (χ1) is 10.2. The zero-order valence-electron chi connectivity index (χ0n) is 12.2. The zero-order chi connectivity index (χ0) is 14.7. The van der Waals surface area contributed by atoms with Crippen molar-refractivity contribution in [1.29, 1.82) is 0 Å². The van der Waals surface area contributed by atoms with Crippen molar-refractivity contribution in [3.05, 3.63) is 42.4 Å². The summed E-state index contributed by atoms with van der Waals surface area (Å²) in [5.41, 5.74) is 1.07. The number of hydrogen-bond acceptors (Lipinski definition) is 4. The molecule has 0 radical (unpaired) electrons. The number of hydrogen-bond donors (Lipinski definition) is 1. The third kappa shape index (κ3) is 3.16. The highest BCUT2D eigenvalue weighted by molar-refractivity contribution is 5.76. The van der Waals surface area contributed by atoms with Gasteiger partial charge in [-0.3, -0.25) is 9.69 Å². The minimum absolute atomic E-state index is 0.145. The molecule has 6 heteroatoms. The normalized spacial score (nSPS) is 19.9. The summed E-state index contributed by atoms with van der Waals surface area (Å²) in [6.45, 7) is 2.33. The van der Waals surface area contributed by atoms with Gasteiger partial charge in [-0.1, -0.05) is 0 Å². The zero-order valence-corrected chi connectivity index (χ0v) is 12.2. The van der Waals surface area contributed by atoms with Crippen LogP contribution in [0.25, 0.3) is 0 Å². The number of carbonyl (C=O) groups is 1. The Balaban J connectivity index is 1.59. The van der Waals surface area contributed by atoms with Crippen LogP contribution in [0.1, 0.15) is 23.9 Å². The molecular formula is C15H20N4O2. The van der Waals surface area contributed by atoms with Gasteiger partial charge in [0.15, 0.2) is 0 Å². The molecule has 21 heavy (non-hydrogen) atoms. The highest BCUT2D eigenvalue weighted by atomic mass is 16.3. The molecule has 0 aliphatic carbocycles. The smallest absolute Gasteiger partial charge is 0.223 e. The Hall–Kier alpha value is -2.08. The third-order valence-corrected chi connectivity index (χ3v) is 4.04. The molecule has 112 valence electrons. The Morgan fingerprint density at radius 1 is 1.52 bits per heavy atom. The Bertz CT molecular complexity index is 565. The van der Waals surface area contributed by atoms with E-state index in [4.69, 9.17) is 4.42 Å². The lowest BCUT2D eigenvalue weighted by molar-refractivity contribution is -0.134. The Labute approximate surface area is 123 Å². The van der Waals surface area contributed by atoms with Gasteiger partial charge in [0, 0.05) is 38.4 Å². The lowest BCUT2D eigenvalue weighted by Gasteiger charge is -2.38. The second kappa shape index (κ2) is 6.13. The molecule has 3 heterocycles. The van der Waals surface area contributed by atoms with E-state index in [9.17, 15) is 4.79 Å². The van der Waals surface area contributed by atoms with Gasteiger partial charge in [0.05, 0.1) is 18.6 Å². The number of amides is 1. The van der Waals surface area contributed by atoms with Crippen LogP contribution in [0.15, 0.2) is 35.4 Å². The van der Waals surface area contributed by atoms with E-state index in [1.54, 1.807) is 18.7 Å². The number of nitrogens with one attached hydrogen (secondary N) is 1. The summed E-state index contributed by atoms with van der Waals surface area (Å²) in [6.07, 6.45) is 8.17. The molecule has 0 aromatic carbocycles. The number of aromatic amines is 1. The van der Waals surface area contributed by atoms with Crippen LogP contribution < -0.4 is 0 Å². The van der Waals surface area contributed by atoms with E-state index < -0.39 is 0 Å². The topological polar surface area (TPSA) is 65.4 Å². The maximum atomic E-state index is 12.4. The van der Waals surface area contributed by atoms with Crippen molar-refractivity contribution in [2.45, 2.75) is 18.9 Å². The number of aryl methyl sites for hydroxylation is 1. The fraction of sp³-hybridized carbons (Fsp3) is 0.467. The summed E-state index contributed by atoms with van der Waals surface area (Å²) >= 11 is 0. The molecule has 3 rings (SSSR count). The van der Waals surface area contributed by atoms with E-state index in [0.717, 1.165) is 30.9 Å². The average Bonchev–Trinajstić information content (AvgIpc) is 3.18. The molecule has 2 aromatic heterocycles. The van der Waals surface area contributed by atoms with E-state index in [0.29, 0.717) is 13.0 Å². The molecule has 1 fully saturated rings. The standard InChI is InChI=1S/C15H20N4O2/c1-18-7-8-19(10-13(18)15-16-5-6-17-15)14(20)3-2-12-4-9-21-11-12/h4-6,9,11,13H,2-3,7-8,10H2,1H3,(H,16,17)/t13-/m1/s1. The summed E-state index contributed by atoms with van der Waals surface area (Å²) in [4.78, 5) is 24.0. The Morgan fingerprint density at radius 2 is 2.43 bits per heavy atom. The summed E-state index contributed by atoms with van der Waals surface area (Å²) < 4.78 is 5.03. The number of rotatable bonds is 4. The number of carbonyl (C=O) groups excluding carboxylic acids is 1. The number of likely N-dealkylation sites (N-methyl/N-ethyl adjacent to an activating group) is 1. The van der Waals surface area contributed by atoms with Crippen LogP contribution in [0.3, 0.4) is 0 Å². The van der Waals surface area contributed by atoms with Gasteiger partial charge in [0.2, 0.25) is 5.91 Å². The van der Waals surface area contributed by atoms with Crippen molar-refractivity contribution < 1.29 is 9.21 Å². The van der Waals surface area contributed by atoms with Crippen LogP contribution in [0.2, 0.25) is 0 Å². The van der Waals surface area contributed by atoms with Crippen molar-refractivity contribution >= 4 is 5.91 Å². The second-order valence-electron chi connectivity index (χ2n) is 5.44. The van der Waals surface area contributed by atoms with Gasteiger partial charge in [0.25, 0.3) is 0 Å². The van der Waals surface area contributed by atoms with Crippen LogP contribution in [0, 0.1) is 0 Å².